The molecule has 3 heterocycles. The lowest BCUT2D eigenvalue weighted by Gasteiger charge is -2.05. The van der Waals surface area contributed by atoms with Crippen molar-refractivity contribution < 1.29 is 0 Å². The molecule has 3 rings (SSSR count). The molecule has 116 valence electrons. The zero-order valence-electron chi connectivity index (χ0n) is 13.4. The second-order valence-electron chi connectivity index (χ2n) is 5.75. The molecule has 22 heavy (non-hydrogen) atoms. The molecule has 0 unspecified atom stereocenters. The molecule has 4 nitrogen and oxygen atoms in total. The van der Waals surface area contributed by atoms with E-state index in [9.17, 15) is 0 Å². The van der Waals surface area contributed by atoms with Gasteiger partial charge in [-0.1, -0.05) is 26.2 Å². The highest BCUT2D eigenvalue weighted by atomic mass is 32.1. The molecular formula is C17H22N4S. The largest absolute Gasteiger partial charge is 0.369 e. The van der Waals surface area contributed by atoms with Gasteiger partial charge in [0, 0.05) is 17.6 Å². The summed E-state index contributed by atoms with van der Waals surface area (Å²) >= 11 is 1.69. The van der Waals surface area contributed by atoms with Crippen LogP contribution >= 0.6 is 11.3 Å². The third kappa shape index (κ3) is 2.90. The number of thiophene rings is 1. The molecule has 0 saturated heterocycles. The van der Waals surface area contributed by atoms with Gasteiger partial charge >= 0.3 is 0 Å². The van der Waals surface area contributed by atoms with Gasteiger partial charge in [0.25, 0.3) is 0 Å². The smallest absolute Gasteiger partial charge is 0.147 e. The minimum absolute atomic E-state index is 0.946. The molecule has 0 atom stereocenters. The number of fused-ring (bicyclic) bond motifs is 3. The van der Waals surface area contributed by atoms with Crippen LogP contribution in [0.15, 0.2) is 12.4 Å². The molecule has 0 fully saturated rings. The maximum atomic E-state index is 4.66. The lowest BCUT2D eigenvalue weighted by Crippen LogP contribution is -2.03. The Bertz CT molecular complexity index is 794. The van der Waals surface area contributed by atoms with Crippen LogP contribution in [-0.4, -0.2) is 21.5 Å². The van der Waals surface area contributed by atoms with E-state index >= 15 is 0 Å². The van der Waals surface area contributed by atoms with Crippen LogP contribution in [0.5, 0.6) is 0 Å². The SMILES string of the molecule is CCCCCCNc1ncnc2c1sc1nc(C)cc(C)c12. The van der Waals surface area contributed by atoms with Crippen LogP contribution < -0.4 is 5.32 Å². The molecule has 5 heteroatoms. The number of nitrogens with zero attached hydrogens (tertiary/aromatic N) is 3. The van der Waals surface area contributed by atoms with Gasteiger partial charge in [-0.25, -0.2) is 15.0 Å². The van der Waals surface area contributed by atoms with E-state index in [0.29, 0.717) is 0 Å². The summed E-state index contributed by atoms with van der Waals surface area (Å²) in [6.45, 7) is 7.36. The molecule has 0 saturated carbocycles. The van der Waals surface area contributed by atoms with Crippen LogP contribution in [0.1, 0.15) is 43.9 Å². The molecule has 0 aliphatic carbocycles. The minimum atomic E-state index is 0.946. The highest BCUT2D eigenvalue weighted by Crippen LogP contribution is 2.36. The number of aromatic nitrogens is 3. The van der Waals surface area contributed by atoms with Crippen molar-refractivity contribution >= 4 is 37.6 Å². The fraction of sp³-hybridized carbons (Fsp3) is 0.471. The third-order valence-corrected chi connectivity index (χ3v) is 4.95. The van der Waals surface area contributed by atoms with Crippen LogP contribution in [0.3, 0.4) is 0 Å². The van der Waals surface area contributed by atoms with E-state index in [0.717, 1.165) is 33.1 Å². The predicted molar refractivity (Wildman–Crippen MR) is 94.8 cm³/mol. The van der Waals surface area contributed by atoms with Crippen LogP contribution in [0.4, 0.5) is 5.82 Å². The third-order valence-electron chi connectivity index (χ3n) is 3.87. The number of anilines is 1. The minimum Gasteiger partial charge on any atom is -0.369 e. The summed E-state index contributed by atoms with van der Waals surface area (Å²) in [5, 5.41) is 4.64. The lowest BCUT2D eigenvalue weighted by molar-refractivity contribution is 0.684. The second-order valence-corrected chi connectivity index (χ2v) is 6.75. The summed E-state index contributed by atoms with van der Waals surface area (Å²) in [6, 6.07) is 2.12. The van der Waals surface area contributed by atoms with Gasteiger partial charge in [0.05, 0.1) is 10.2 Å². The van der Waals surface area contributed by atoms with Crippen LogP contribution in [0.25, 0.3) is 20.4 Å². The molecule has 0 amide bonds. The van der Waals surface area contributed by atoms with Gasteiger partial charge < -0.3 is 5.32 Å². The number of pyridine rings is 1. The second kappa shape index (κ2) is 6.57. The van der Waals surface area contributed by atoms with Gasteiger partial charge in [-0.15, -0.1) is 11.3 Å². The topological polar surface area (TPSA) is 50.7 Å². The maximum Gasteiger partial charge on any atom is 0.147 e. The molecule has 0 aliphatic heterocycles. The summed E-state index contributed by atoms with van der Waals surface area (Å²) in [4.78, 5) is 14.6. The van der Waals surface area contributed by atoms with E-state index in [1.165, 1.54) is 36.6 Å². The van der Waals surface area contributed by atoms with Crippen molar-refractivity contribution in [2.75, 3.05) is 11.9 Å². The Morgan fingerprint density at radius 2 is 2.00 bits per heavy atom. The zero-order chi connectivity index (χ0) is 15.5. The summed E-state index contributed by atoms with van der Waals surface area (Å²) in [7, 11) is 0. The summed E-state index contributed by atoms with van der Waals surface area (Å²) in [5.74, 6) is 0.946. The fourth-order valence-electron chi connectivity index (χ4n) is 2.79. The summed E-state index contributed by atoms with van der Waals surface area (Å²) in [6.07, 6.45) is 6.66. The lowest BCUT2D eigenvalue weighted by atomic mass is 10.1. The first-order valence-electron chi connectivity index (χ1n) is 7.96. The Balaban J connectivity index is 1.93. The van der Waals surface area contributed by atoms with E-state index in [2.05, 4.69) is 40.2 Å². The van der Waals surface area contributed by atoms with Gasteiger partial charge in [0.1, 0.15) is 17.0 Å². The van der Waals surface area contributed by atoms with E-state index in [-0.39, 0.29) is 0 Å². The first-order valence-corrected chi connectivity index (χ1v) is 8.77. The number of rotatable bonds is 6. The zero-order valence-corrected chi connectivity index (χ0v) is 14.3. The van der Waals surface area contributed by atoms with Crippen molar-refractivity contribution in [3.05, 3.63) is 23.7 Å². The molecular weight excluding hydrogens is 292 g/mol. The Morgan fingerprint density at radius 3 is 2.82 bits per heavy atom. The number of aryl methyl sites for hydroxylation is 2. The molecule has 0 aliphatic rings. The number of unbranched alkanes of at least 4 members (excludes halogenated alkanes) is 3. The normalized spacial score (nSPS) is 11.4. The highest BCUT2D eigenvalue weighted by Gasteiger charge is 2.14. The maximum absolute atomic E-state index is 4.66. The van der Waals surface area contributed by atoms with E-state index in [1.54, 1.807) is 17.7 Å². The summed E-state index contributed by atoms with van der Waals surface area (Å²) in [5.41, 5.74) is 3.32. The molecule has 0 bridgehead atoms. The standard InChI is InChI=1S/C17H22N4S/c1-4-5-6-7-8-18-16-15-14(19-10-20-16)13-11(2)9-12(3)21-17(13)22-15/h9-10H,4-8H2,1-3H3,(H,18,19,20). The highest BCUT2D eigenvalue weighted by molar-refractivity contribution is 7.26. The van der Waals surface area contributed by atoms with Crippen molar-refractivity contribution in [2.45, 2.75) is 46.5 Å². The predicted octanol–water partition coefficient (Wildman–Crippen LogP) is 4.85. The van der Waals surface area contributed by atoms with Crippen LogP contribution in [-0.2, 0) is 0 Å². The molecule has 0 radical (unpaired) electrons. The molecule has 1 N–H and O–H groups in total. The van der Waals surface area contributed by atoms with Crippen molar-refractivity contribution in [3.8, 4) is 0 Å². The van der Waals surface area contributed by atoms with E-state index in [1.807, 2.05) is 6.92 Å². The number of nitrogens with one attached hydrogen (secondary N) is 1. The average Bonchev–Trinajstić information content (AvgIpc) is 2.86. The van der Waals surface area contributed by atoms with Crippen molar-refractivity contribution in [3.63, 3.8) is 0 Å². The molecule has 0 spiro atoms. The van der Waals surface area contributed by atoms with Crippen LogP contribution in [0.2, 0.25) is 0 Å². The average molecular weight is 314 g/mol. The van der Waals surface area contributed by atoms with Gasteiger partial charge in [-0.2, -0.15) is 0 Å². The fourth-order valence-corrected chi connectivity index (χ4v) is 4.01. The number of hydrogen-bond acceptors (Lipinski definition) is 5. The van der Waals surface area contributed by atoms with Gasteiger partial charge in [-0.3, -0.25) is 0 Å². The molecule has 3 aromatic heterocycles. The quantitative estimate of drug-likeness (QED) is 0.661. The van der Waals surface area contributed by atoms with Crippen molar-refractivity contribution in [1.82, 2.24) is 15.0 Å². The Hall–Kier alpha value is -1.75. The van der Waals surface area contributed by atoms with E-state index in [4.69, 9.17) is 0 Å². The van der Waals surface area contributed by atoms with Gasteiger partial charge in [-0.05, 0) is 31.9 Å². The molecule has 3 aromatic rings. The van der Waals surface area contributed by atoms with Crippen molar-refractivity contribution in [1.29, 1.82) is 0 Å². The summed E-state index contributed by atoms with van der Waals surface area (Å²) < 4.78 is 1.12. The Kier molecular flexibility index (Phi) is 4.52. The first-order chi connectivity index (χ1) is 10.7. The van der Waals surface area contributed by atoms with Gasteiger partial charge in [0.15, 0.2) is 0 Å². The number of hydrogen-bond donors (Lipinski definition) is 1. The van der Waals surface area contributed by atoms with Crippen molar-refractivity contribution in [2.24, 2.45) is 0 Å². The Morgan fingerprint density at radius 1 is 1.14 bits per heavy atom. The molecule has 0 aromatic carbocycles. The first kappa shape index (κ1) is 15.2. The monoisotopic (exact) mass is 314 g/mol. The van der Waals surface area contributed by atoms with Gasteiger partial charge in [0.2, 0.25) is 0 Å². The van der Waals surface area contributed by atoms with Crippen LogP contribution in [0, 0.1) is 13.8 Å². The Labute approximate surface area is 135 Å². The van der Waals surface area contributed by atoms with E-state index < -0.39 is 0 Å².